The van der Waals surface area contributed by atoms with Crippen LogP contribution in [0.2, 0.25) is 5.28 Å². The van der Waals surface area contributed by atoms with Gasteiger partial charge in [0.25, 0.3) is 5.91 Å². The minimum Gasteiger partial charge on any atom is -0.461 e. The van der Waals surface area contributed by atoms with Crippen molar-refractivity contribution >= 4 is 52.4 Å². The van der Waals surface area contributed by atoms with Gasteiger partial charge < -0.3 is 29.4 Å². The first-order valence-corrected chi connectivity index (χ1v) is 15.2. The number of carbonyl (C=O) groups is 4. The van der Waals surface area contributed by atoms with E-state index in [-0.39, 0.29) is 47.9 Å². The molecule has 0 aliphatic carbocycles. The van der Waals surface area contributed by atoms with Gasteiger partial charge in [-0.1, -0.05) is 25.8 Å². The number of ether oxygens (including phenoxy) is 4. The fourth-order valence-corrected chi connectivity index (χ4v) is 6.20. The molecule has 0 bridgehead atoms. The molecule has 0 saturated carbocycles. The summed E-state index contributed by atoms with van der Waals surface area (Å²) < 4.78 is 23.7. The second-order valence-corrected chi connectivity index (χ2v) is 12.6. The lowest BCUT2D eigenvalue weighted by atomic mass is 9.78. The Hall–Kier alpha value is -4.58. The number of cyclic esters (lactones) is 1. The highest BCUT2D eigenvalue weighted by atomic mass is 35.5. The number of aliphatic hydroxyl groups excluding tert-OH is 1. The lowest BCUT2D eigenvalue weighted by molar-refractivity contribution is -0.157. The number of hydrogen-bond donors (Lipinski definition) is 2. The number of carbonyl (C=O) groups excluding carboxylic acids is 4. The monoisotopic (exact) mass is 667 g/mol. The third-order valence-electron chi connectivity index (χ3n) is 8.08. The third kappa shape index (κ3) is 6.92. The van der Waals surface area contributed by atoms with E-state index in [4.69, 9.17) is 37.0 Å². The Bertz CT molecular complexity index is 1820. The minimum absolute atomic E-state index is 0.00863. The van der Waals surface area contributed by atoms with E-state index in [0.717, 1.165) is 11.1 Å². The number of halogens is 1. The van der Waals surface area contributed by atoms with E-state index in [1.54, 1.807) is 6.07 Å². The van der Waals surface area contributed by atoms with Crippen molar-refractivity contribution in [2.45, 2.75) is 89.8 Å². The molecular weight excluding hydrogens is 634 g/mol. The summed E-state index contributed by atoms with van der Waals surface area (Å²) in [6, 6.07) is 3.68. The molecule has 2 saturated heterocycles. The van der Waals surface area contributed by atoms with E-state index in [2.05, 4.69) is 26.2 Å². The Morgan fingerprint density at radius 2 is 2.02 bits per heavy atom. The van der Waals surface area contributed by atoms with Crippen LogP contribution in [-0.4, -0.2) is 72.9 Å². The molecule has 1 amide bonds. The predicted octanol–water partition coefficient (Wildman–Crippen LogP) is 3.23. The van der Waals surface area contributed by atoms with E-state index in [1.165, 1.54) is 17.8 Å². The number of fused-ring (bicyclic) bond motifs is 1. The Morgan fingerprint density at radius 3 is 2.68 bits per heavy atom. The van der Waals surface area contributed by atoms with Gasteiger partial charge in [0.2, 0.25) is 5.28 Å². The van der Waals surface area contributed by atoms with Crippen LogP contribution in [0.3, 0.4) is 0 Å². The zero-order chi connectivity index (χ0) is 34.3. The number of esters is 3. The van der Waals surface area contributed by atoms with Gasteiger partial charge in [-0.25, -0.2) is 4.98 Å². The highest BCUT2D eigenvalue weighted by Gasteiger charge is 2.49. The Morgan fingerprint density at radius 1 is 1.28 bits per heavy atom. The molecule has 2 fully saturated rings. The van der Waals surface area contributed by atoms with Crippen molar-refractivity contribution in [1.82, 2.24) is 19.5 Å². The first-order valence-electron chi connectivity index (χ1n) is 14.8. The minimum atomic E-state index is -1.70. The van der Waals surface area contributed by atoms with Crippen LogP contribution in [0.5, 0.6) is 5.75 Å². The summed E-state index contributed by atoms with van der Waals surface area (Å²) >= 11 is 6.17. The number of anilines is 1. The molecule has 47 heavy (non-hydrogen) atoms. The number of aryl methyl sites for hydroxylation is 2. The van der Waals surface area contributed by atoms with Crippen LogP contribution in [0.4, 0.5) is 5.82 Å². The van der Waals surface area contributed by atoms with Crippen molar-refractivity contribution < 1.29 is 43.2 Å². The number of aliphatic hydroxyl groups is 1. The normalized spacial score (nSPS) is 22.5. The summed E-state index contributed by atoms with van der Waals surface area (Å²) in [4.78, 5) is 61.7. The molecular formula is C32H34ClN5O9. The summed E-state index contributed by atoms with van der Waals surface area (Å²) in [6.45, 7) is 8.28. The van der Waals surface area contributed by atoms with Crippen LogP contribution < -0.4 is 10.1 Å². The van der Waals surface area contributed by atoms with Crippen molar-refractivity contribution in [3.05, 3.63) is 40.4 Å². The molecule has 3 aromatic rings. The SMILES string of the molecule is C#C[C@]1(COC(=O)CC(C)(C)c2c(C)cc(C)cc2OC(C)=O)O[C@@H](n2cnc3c(NC(=O)[C@H]4CCC(=O)O4)nc(Cl)nc32)C[C@@H]1O. The largest absolute Gasteiger partial charge is 0.461 e. The van der Waals surface area contributed by atoms with Crippen molar-refractivity contribution in [2.75, 3.05) is 11.9 Å². The summed E-state index contributed by atoms with van der Waals surface area (Å²) in [6.07, 6.45) is 4.31. The lowest BCUT2D eigenvalue weighted by Gasteiger charge is -2.30. The maximum absolute atomic E-state index is 13.2. The third-order valence-corrected chi connectivity index (χ3v) is 8.25. The molecule has 0 spiro atoms. The Kier molecular flexibility index (Phi) is 9.27. The molecule has 4 heterocycles. The molecule has 248 valence electrons. The molecule has 15 heteroatoms. The van der Waals surface area contributed by atoms with E-state index < -0.39 is 59.9 Å². The summed E-state index contributed by atoms with van der Waals surface area (Å²) in [5, 5.41) is 13.4. The second kappa shape index (κ2) is 12.9. The van der Waals surface area contributed by atoms with Gasteiger partial charge in [-0.15, -0.1) is 6.42 Å². The molecule has 14 nitrogen and oxygen atoms in total. The number of aromatic nitrogens is 4. The average molecular weight is 668 g/mol. The Labute approximate surface area is 275 Å². The smallest absolute Gasteiger partial charge is 0.308 e. The van der Waals surface area contributed by atoms with E-state index in [9.17, 15) is 24.3 Å². The predicted molar refractivity (Wildman–Crippen MR) is 166 cm³/mol. The van der Waals surface area contributed by atoms with Crippen LogP contribution >= 0.6 is 11.6 Å². The molecule has 1 aromatic carbocycles. The Balaban J connectivity index is 1.31. The van der Waals surface area contributed by atoms with Crippen molar-refractivity contribution in [3.8, 4) is 18.1 Å². The molecule has 0 unspecified atom stereocenters. The van der Waals surface area contributed by atoms with E-state index in [1.807, 2.05) is 33.8 Å². The number of amides is 1. The molecule has 0 radical (unpaired) electrons. The number of benzene rings is 1. The number of rotatable bonds is 9. The molecule has 2 aliphatic rings. The van der Waals surface area contributed by atoms with Crippen LogP contribution in [0.25, 0.3) is 11.2 Å². The molecule has 2 aromatic heterocycles. The van der Waals surface area contributed by atoms with Gasteiger partial charge in [0.1, 0.15) is 24.7 Å². The first kappa shape index (κ1) is 33.8. The summed E-state index contributed by atoms with van der Waals surface area (Å²) in [7, 11) is 0. The van der Waals surface area contributed by atoms with Crippen molar-refractivity contribution in [1.29, 1.82) is 0 Å². The topological polar surface area (TPSA) is 181 Å². The van der Waals surface area contributed by atoms with Crippen LogP contribution in [0.15, 0.2) is 18.5 Å². The van der Waals surface area contributed by atoms with Crippen molar-refractivity contribution in [2.24, 2.45) is 0 Å². The molecule has 2 aliphatic heterocycles. The number of nitrogens with zero attached hydrogens (tertiary/aromatic N) is 4. The number of imidazole rings is 1. The van der Waals surface area contributed by atoms with Gasteiger partial charge in [0, 0.05) is 37.2 Å². The quantitative estimate of drug-likeness (QED) is 0.147. The fourth-order valence-electron chi connectivity index (χ4n) is 6.04. The van der Waals surface area contributed by atoms with Gasteiger partial charge in [-0.3, -0.25) is 23.7 Å². The van der Waals surface area contributed by atoms with Gasteiger partial charge in [-0.05, 0) is 42.6 Å². The fraction of sp³-hybridized carbons (Fsp3) is 0.469. The van der Waals surface area contributed by atoms with Gasteiger partial charge in [0.05, 0.1) is 12.7 Å². The second-order valence-electron chi connectivity index (χ2n) is 12.3. The molecule has 5 rings (SSSR count). The summed E-state index contributed by atoms with van der Waals surface area (Å²) in [5.74, 6) is 0.647. The standard InChI is InChI=1S/C32H34ClN5O9/c1-7-32(14-44-24(42)13-31(5,6)25-17(3)10-16(2)11-20(25)45-18(4)39)21(40)12-22(47-32)38-15-34-26-27(36-30(33)37-28(26)38)35-29(43)19-8-9-23(41)46-19/h1,10-11,15,19,21-22,40H,8-9,12-14H2,2-6H3,(H,35,36,37,43)/t19-,21+,22-,32-/m1/s1. The van der Waals surface area contributed by atoms with Crippen molar-refractivity contribution in [3.63, 3.8) is 0 Å². The zero-order valence-corrected chi connectivity index (χ0v) is 27.2. The first-order chi connectivity index (χ1) is 22.1. The number of terminal acetylenes is 1. The van der Waals surface area contributed by atoms with Gasteiger partial charge in [-0.2, -0.15) is 9.97 Å². The van der Waals surface area contributed by atoms with E-state index >= 15 is 0 Å². The van der Waals surface area contributed by atoms with Crippen LogP contribution in [0, 0.1) is 26.2 Å². The zero-order valence-electron chi connectivity index (χ0n) is 26.5. The molecule has 2 N–H and O–H groups in total. The number of nitrogens with one attached hydrogen (secondary N) is 1. The van der Waals surface area contributed by atoms with E-state index in [0.29, 0.717) is 11.3 Å². The van der Waals surface area contributed by atoms with Gasteiger partial charge in [0.15, 0.2) is 28.7 Å². The van der Waals surface area contributed by atoms with Crippen LogP contribution in [0.1, 0.15) is 69.4 Å². The number of hydrogen-bond acceptors (Lipinski definition) is 12. The maximum Gasteiger partial charge on any atom is 0.308 e. The lowest BCUT2D eigenvalue weighted by Crippen LogP contribution is -2.43. The molecule has 4 atom stereocenters. The highest BCUT2D eigenvalue weighted by Crippen LogP contribution is 2.41. The maximum atomic E-state index is 13.2. The average Bonchev–Trinajstić information content (AvgIpc) is 3.67. The highest BCUT2D eigenvalue weighted by molar-refractivity contribution is 6.28. The van der Waals surface area contributed by atoms with Crippen LogP contribution in [-0.2, 0) is 38.8 Å². The summed E-state index contributed by atoms with van der Waals surface area (Å²) in [5.41, 5.74) is 0.257. The van der Waals surface area contributed by atoms with Gasteiger partial charge >= 0.3 is 17.9 Å².